The Bertz CT molecular complexity index is 125. The molecule has 1 rings (SSSR count). The van der Waals surface area contributed by atoms with Crippen LogP contribution in [0.15, 0.2) is 0 Å². The van der Waals surface area contributed by atoms with Crippen LogP contribution < -0.4 is 0 Å². The number of β-amino-alcohol motifs (C(OH)–C–C–N with tert-alkyl or cyclic N) is 1. The number of rotatable bonds is 2. The molecule has 0 unspecified atom stereocenters. The fourth-order valence-corrected chi connectivity index (χ4v) is 2.43. The number of hydrogen-bond acceptors (Lipinski definition) is 3. The molecule has 1 N–H and O–H groups in total. The molecule has 0 spiro atoms. The minimum atomic E-state index is -0.533. The van der Waals surface area contributed by atoms with E-state index < -0.39 is 5.60 Å². The molecule has 0 radical (unpaired) electrons. The molecule has 2 nitrogen and oxygen atoms in total. The normalized spacial score (nSPS) is 22.2. The average Bonchev–Trinajstić information content (AvgIpc) is 2.12. The van der Waals surface area contributed by atoms with Gasteiger partial charge >= 0.3 is 0 Å². The summed E-state index contributed by atoms with van der Waals surface area (Å²) in [5.41, 5.74) is -0.533. The summed E-state index contributed by atoms with van der Waals surface area (Å²) in [6.45, 7) is 6.86. The van der Waals surface area contributed by atoms with Gasteiger partial charge in [-0.1, -0.05) is 0 Å². The minimum Gasteiger partial charge on any atom is -0.389 e. The molecule has 0 amide bonds. The summed E-state index contributed by atoms with van der Waals surface area (Å²) in [7, 11) is 0. The van der Waals surface area contributed by atoms with Crippen molar-refractivity contribution in [3.05, 3.63) is 0 Å². The highest BCUT2D eigenvalue weighted by atomic mass is 32.2. The third-order valence-corrected chi connectivity index (χ3v) is 2.97. The monoisotopic (exact) mass is 189 g/mol. The molecule has 1 saturated heterocycles. The van der Waals surface area contributed by atoms with Gasteiger partial charge in [0, 0.05) is 18.8 Å². The van der Waals surface area contributed by atoms with E-state index in [0.29, 0.717) is 0 Å². The maximum atomic E-state index is 9.61. The molecule has 0 aliphatic carbocycles. The molecular weight excluding hydrogens is 170 g/mol. The van der Waals surface area contributed by atoms with Gasteiger partial charge in [0.25, 0.3) is 0 Å². The summed E-state index contributed by atoms with van der Waals surface area (Å²) in [4.78, 5) is 2.36. The van der Waals surface area contributed by atoms with Crippen molar-refractivity contribution in [2.75, 3.05) is 31.1 Å². The summed E-state index contributed by atoms with van der Waals surface area (Å²) < 4.78 is 0. The quantitative estimate of drug-likeness (QED) is 0.706. The maximum Gasteiger partial charge on any atom is 0.0718 e. The lowest BCUT2D eigenvalue weighted by molar-refractivity contribution is 0.0388. The van der Waals surface area contributed by atoms with Crippen LogP contribution in [-0.4, -0.2) is 46.7 Å². The Hall–Kier alpha value is 0.270. The SMILES string of the molecule is CC(C)(O)CN1CCCSCC1. The van der Waals surface area contributed by atoms with Gasteiger partial charge in [-0.3, -0.25) is 4.90 Å². The van der Waals surface area contributed by atoms with E-state index in [9.17, 15) is 5.11 Å². The fourth-order valence-electron chi connectivity index (χ4n) is 1.50. The Morgan fingerprint density at radius 3 is 2.75 bits per heavy atom. The molecule has 72 valence electrons. The largest absolute Gasteiger partial charge is 0.389 e. The van der Waals surface area contributed by atoms with Crippen molar-refractivity contribution < 1.29 is 5.11 Å². The standard InChI is InChI=1S/C9H19NOS/c1-9(2,11)8-10-4-3-6-12-7-5-10/h11H,3-8H2,1-2H3. The van der Waals surface area contributed by atoms with Crippen molar-refractivity contribution >= 4 is 11.8 Å². The van der Waals surface area contributed by atoms with Crippen molar-refractivity contribution in [1.29, 1.82) is 0 Å². The van der Waals surface area contributed by atoms with Crippen LogP contribution in [0.3, 0.4) is 0 Å². The van der Waals surface area contributed by atoms with Crippen LogP contribution in [0.1, 0.15) is 20.3 Å². The van der Waals surface area contributed by atoms with Crippen molar-refractivity contribution in [3.8, 4) is 0 Å². The van der Waals surface area contributed by atoms with E-state index in [-0.39, 0.29) is 0 Å². The Kier molecular flexibility index (Phi) is 3.87. The van der Waals surface area contributed by atoms with Crippen molar-refractivity contribution in [3.63, 3.8) is 0 Å². The van der Waals surface area contributed by atoms with E-state index in [0.717, 1.165) is 19.6 Å². The molecule has 0 aromatic carbocycles. The highest BCUT2D eigenvalue weighted by Crippen LogP contribution is 2.12. The Morgan fingerprint density at radius 2 is 2.08 bits per heavy atom. The number of aliphatic hydroxyl groups is 1. The highest BCUT2D eigenvalue weighted by Gasteiger charge is 2.18. The predicted molar refractivity (Wildman–Crippen MR) is 54.7 cm³/mol. The number of hydrogen-bond donors (Lipinski definition) is 1. The molecule has 0 bridgehead atoms. The lowest BCUT2D eigenvalue weighted by Gasteiger charge is -2.27. The summed E-state index contributed by atoms with van der Waals surface area (Å²) in [5, 5.41) is 9.61. The minimum absolute atomic E-state index is 0.533. The van der Waals surface area contributed by atoms with Gasteiger partial charge in [0.1, 0.15) is 0 Å². The van der Waals surface area contributed by atoms with Gasteiger partial charge < -0.3 is 5.11 Å². The fraction of sp³-hybridized carbons (Fsp3) is 1.00. The molecule has 0 aromatic rings. The van der Waals surface area contributed by atoms with E-state index in [1.807, 2.05) is 25.6 Å². The van der Waals surface area contributed by atoms with Gasteiger partial charge in [-0.2, -0.15) is 11.8 Å². The topological polar surface area (TPSA) is 23.5 Å². The summed E-state index contributed by atoms with van der Waals surface area (Å²) >= 11 is 2.02. The zero-order valence-electron chi connectivity index (χ0n) is 8.05. The van der Waals surface area contributed by atoms with E-state index in [2.05, 4.69) is 4.90 Å². The van der Waals surface area contributed by atoms with Crippen molar-refractivity contribution in [1.82, 2.24) is 4.90 Å². The lowest BCUT2D eigenvalue weighted by atomic mass is 10.1. The van der Waals surface area contributed by atoms with Crippen LogP contribution in [0.25, 0.3) is 0 Å². The van der Waals surface area contributed by atoms with Crippen molar-refractivity contribution in [2.45, 2.75) is 25.9 Å². The second-order valence-electron chi connectivity index (χ2n) is 4.05. The van der Waals surface area contributed by atoms with E-state index in [1.165, 1.54) is 17.9 Å². The Morgan fingerprint density at radius 1 is 1.33 bits per heavy atom. The van der Waals surface area contributed by atoms with Crippen LogP contribution >= 0.6 is 11.8 Å². The Labute approximate surface area is 79.3 Å². The molecule has 1 aliphatic heterocycles. The summed E-state index contributed by atoms with van der Waals surface area (Å²) in [5.74, 6) is 2.50. The zero-order valence-corrected chi connectivity index (χ0v) is 8.86. The maximum absolute atomic E-state index is 9.61. The summed E-state index contributed by atoms with van der Waals surface area (Å²) in [6.07, 6.45) is 1.26. The van der Waals surface area contributed by atoms with Gasteiger partial charge in [-0.25, -0.2) is 0 Å². The third kappa shape index (κ3) is 4.33. The Balaban J connectivity index is 2.30. The van der Waals surface area contributed by atoms with Gasteiger partial charge in [0.15, 0.2) is 0 Å². The van der Waals surface area contributed by atoms with Gasteiger partial charge in [0.05, 0.1) is 5.60 Å². The molecule has 12 heavy (non-hydrogen) atoms. The zero-order chi connectivity index (χ0) is 9.03. The van der Waals surface area contributed by atoms with Crippen LogP contribution in [0.2, 0.25) is 0 Å². The molecule has 0 atom stereocenters. The van der Waals surface area contributed by atoms with Gasteiger partial charge in [0.2, 0.25) is 0 Å². The molecule has 1 aliphatic rings. The molecule has 3 heteroatoms. The van der Waals surface area contributed by atoms with E-state index >= 15 is 0 Å². The third-order valence-electron chi connectivity index (χ3n) is 1.93. The van der Waals surface area contributed by atoms with Gasteiger partial charge in [-0.05, 0) is 32.6 Å². The van der Waals surface area contributed by atoms with Gasteiger partial charge in [-0.15, -0.1) is 0 Å². The average molecular weight is 189 g/mol. The molecular formula is C9H19NOS. The van der Waals surface area contributed by atoms with E-state index in [4.69, 9.17) is 0 Å². The first-order valence-corrected chi connectivity index (χ1v) is 5.76. The van der Waals surface area contributed by atoms with Crippen molar-refractivity contribution in [2.24, 2.45) is 0 Å². The number of thioether (sulfide) groups is 1. The smallest absolute Gasteiger partial charge is 0.0718 e. The van der Waals surface area contributed by atoms with E-state index in [1.54, 1.807) is 0 Å². The second kappa shape index (κ2) is 4.49. The van der Waals surface area contributed by atoms with Crippen LogP contribution in [-0.2, 0) is 0 Å². The van der Waals surface area contributed by atoms with Crippen LogP contribution in [0.4, 0.5) is 0 Å². The molecule has 1 fully saturated rings. The van der Waals surface area contributed by atoms with Crippen LogP contribution in [0.5, 0.6) is 0 Å². The lowest BCUT2D eigenvalue weighted by Crippen LogP contribution is -2.39. The first kappa shape index (κ1) is 10.4. The first-order valence-electron chi connectivity index (χ1n) is 4.60. The molecule has 1 heterocycles. The summed E-state index contributed by atoms with van der Waals surface area (Å²) in [6, 6.07) is 0. The van der Waals surface area contributed by atoms with Crippen LogP contribution in [0, 0.1) is 0 Å². The molecule has 0 saturated carbocycles. The second-order valence-corrected chi connectivity index (χ2v) is 5.28. The number of nitrogens with zero attached hydrogens (tertiary/aromatic N) is 1. The predicted octanol–water partition coefficient (Wildman–Crippen LogP) is 1.20. The highest BCUT2D eigenvalue weighted by molar-refractivity contribution is 7.99. The first-order chi connectivity index (χ1) is 5.58. The molecule has 0 aromatic heterocycles.